The maximum Gasteiger partial charge on any atom is 0.318 e. The topological polar surface area (TPSA) is 162 Å². The summed E-state index contributed by atoms with van der Waals surface area (Å²) in [5.41, 5.74) is 0.0825. The standard InChI is InChI=1S/C28H18N4O8S/c33-26(29-22-7-3-5-18-4-1-2-6-21(18)22)16-30-27(34)25(41-28(30)35)14-17-8-11-20(12-9-17)40-24-13-10-19(31(36)37)15-23(24)32(38)39/h1-15H,16H2,(H,29,33)/b25-14+. The number of fused-ring (bicyclic) bond motifs is 1. The van der Waals surface area contributed by atoms with E-state index in [2.05, 4.69) is 5.32 Å². The predicted octanol–water partition coefficient (Wildman–Crippen LogP) is 6.12. The number of nitro groups is 2. The van der Waals surface area contributed by atoms with E-state index in [4.69, 9.17) is 4.74 Å². The minimum atomic E-state index is -0.783. The van der Waals surface area contributed by atoms with Gasteiger partial charge >= 0.3 is 5.69 Å². The third-order valence-corrected chi connectivity index (χ3v) is 6.90. The minimum Gasteiger partial charge on any atom is -0.450 e. The van der Waals surface area contributed by atoms with Crippen LogP contribution in [0.2, 0.25) is 0 Å². The molecular weight excluding hydrogens is 552 g/mol. The second-order valence-electron chi connectivity index (χ2n) is 8.68. The third-order valence-electron chi connectivity index (χ3n) is 5.99. The van der Waals surface area contributed by atoms with E-state index in [9.17, 15) is 34.6 Å². The first-order chi connectivity index (χ1) is 19.7. The molecule has 13 heteroatoms. The van der Waals surface area contributed by atoms with Crippen LogP contribution in [0.3, 0.4) is 0 Å². The van der Waals surface area contributed by atoms with Crippen molar-refractivity contribution < 1.29 is 29.0 Å². The molecule has 5 rings (SSSR count). The summed E-state index contributed by atoms with van der Waals surface area (Å²) in [6, 6.07) is 22.1. The van der Waals surface area contributed by atoms with E-state index in [0.29, 0.717) is 23.0 Å². The highest BCUT2D eigenvalue weighted by atomic mass is 32.2. The molecule has 1 N–H and O–H groups in total. The van der Waals surface area contributed by atoms with Crippen molar-refractivity contribution in [2.45, 2.75) is 0 Å². The van der Waals surface area contributed by atoms with Crippen LogP contribution >= 0.6 is 11.8 Å². The summed E-state index contributed by atoms with van der Waals surface area (Å²) in [4.78, 5) is 59.8. The Kier molecular flexibility index (Phi) is 7.43. The van der Waals surface area contributed by atoms with Crippen LogP contribution in [0.15, 0.2) is 89.8 Å². The molecule has 0 saturated carbocycles. The number of non-ortho nitro benzene ring substituents is 1. The fraction of sp³-hybridized carbons (Fsp3) is 0.0357. The average molecular weight is 571 g/mol. The number of carbonyl (C=O) groups is 3. The Hall–Kier alpha value is -5.56. The highest BCUT2D eigenvalue weighted by Gasteiger charge is 2.36. The van der Waals surface area contributed by atoms with Crippen LogP contribution < -0.4 is 10.1 Å². The Bertz CT molecular complexity index is 1770. The molecule has 0 unspecified atom stereocenters. The lowest BCUT2D eigenvalue weighted by Gasteiger charge is -2.13. The number of hydrogen-bond acceptors (Lipinski definition) is 9. The van der Waals surface area contributed by atoms with Gasteiger partial charge in [0.05, 0.1) is 20.8 Å². The molecule has 1 aliphatic heterocycles. The zero-order chi connectivity index (χ0) is 29.1. The zero-order valence-electron chi connectivity index (χ0n) is 20.9. The van der Waals surface area contributed by atoms with Crippen molar-refractivity contribution in [1.29, 1.82) is 0 Å². The van der Waals surface area contributed by atoms with Gasteiger partial charge in [-0.05, 0) is 53.1 Å². The molecule has 1 aliphatic rings. The number of thioether (sulfide) groups is 1. The van der Waals surface area contributed by atoms with E-state index >= 15 is 0 Å². The highest BCUT2D eigenvalue weighted by Crippen LogP contribution is 2.36. The van der Waals surface area contributed by atoms with Gasteiger partial charge in [0.1, 0.15) is 12.3 Å². The van der Waals surface area contributed by atoms with E-state index in [0.717, 1.165) is 33.9 Å². The number of carbonyl (C=O) groups excluding carboxylic acids is 3. The molecule has 1 saturated heterocycles. The smallest absolute Gasteiger partial charge is 0.318 e. The number of anilines is 1. The molecule has 1 heterocycles. The molecule has 0 aliphatic carbocycles. The summed E-state index contributed by atoms with van der Waals surface area (Å²) < 4.78 is 5.54. The SMILES string of the molecule is O=C(CN1C(=O)S/C(=C/c2ccc(Oc3ccc([N+](=O)[O-])cc3[N+](=O)[O-])cc2)C1=O)Nc1cccc2ccccc12. The van der Waals surface area contributed by atoms with E-state index in [-0.39, 0.29) is 16.4 Å². The summed E-state index contributed by atoms with van der Waals surface area (Å²) in [5, 5.41) is 26.2. The van der Waals surface area contributed by atoms with E-state index < -0.39 is 44.8 Å². The van der Waals surface area contributed by atoms with E-state index in [1.807, 2.05) is 30.3 Å². The maximum atomic E-state index is 12.9. The number of nitrogens with zero attached hydrogens (tertiary/aromatic N) is 3. The third kappa shape index (κ3) is 5.89. The number of amides is 3. The van der Waals surface area contributed by atoms with Crippen LogP contribution in [0.25, 0.3) is 16.8 Å². The molecule has 0 radical (unpaired) electrons. The lowest BCUT2D eigenvalue weighted by molar-refractivity contribution is -0.394. The normalized spacial score (nSPS) is 14.0. The Morgan fingerprint density at radius 1 is 0.927 bits per heavy atom. The van der Waals surface area contributed by atoms with Gasteiger partial charge in [-0.25, -0.2) is 0 Å². The van der Waals surface area contributed by atoms with E-state index in [1.165, 1.54) is 18.2 Å². The Morgan fingerprint density at radius 2 is 1.66 bits per heavy atom. The van der Waals surface area contributed by atoms with Crippen LogP contribution in [-0.4, -0.2) is 38.3 Å². The lowest BCUT2D eigenvalue weighted by Crippen LogP contribution is -2.36. The van der Waals surface area contributed by atoms with Crippen LogP contribution in [0, 0.1) is 20.2 Å². The van der Waals surface area contributed by atoms with Crippen LogP contribution in [0.1, 0.15) is 5.56 Å². The van der Waals surface area contributed by atoms with Crippen molar-refractivity contribution >= 4 is 62.7 Å². The number of rotatable bonds is 8. The van der Waals surface area contributed by atoms with Crippen LogP contribution in [0.5, 0.6) is 11.5 Å². The van der Waals surface area contributed by atoms with Crippen molar-refractivity contribution in [2.75, 3.05) is 11.9 Å². The summed E-state index contributed by atoms with van der Waals surface area (Å²) in [6.07, 6.45) is 1.48. The molecule has 0 aromatic heterocycles. The van der Waals surface area contributed by atoms with Crippen LogP contribution in [-0.2, 0) is 9.59 Å². The molecule has 0 bridgehead atoms. The second-order valence-corrected chi connectivity index (χ2v) is 9.67. The molecule has 204 valence electrons. The highest BCUT2D eigenvalue weighted by molar-refractivity contribution is 8.18. The molecule has 12 nitrogen and oxygen atoms in total. The molecule has 0 spiro atoms. The number of ether oxygens (including phenoxy) is 1. The van der Waals surface area contributed by atoms with Gasteiger partial charge in [-0.1, -0.05) is 48.5 Å². The minimum absolute atomic E-state index is 0.118. The summed E-state index contributed by atoms with van der Waals surface area (Å²) in [7, 11) is 0. The molecule has 0 atom stereocenters. The lowest BCUT2D eigenvalue weighted by atomic mass is 10.1. The van der Waals surface area contributed by atoms with Gasteiger partial charge in [0.2, 0.25) is 11.7 Å². The first kappa shape index (κ1) is 27.0. The number of nitro benzene ring substituents is 2. The number of nitrogens with one attached hydrogen (secondary N) is 1. The zero-order valence-corrected chi connectivity index (χ0v) is 21.7. The molecule has 41 heavy (non-hydrogen) atoms. The van der Waals surface area contributed by atoms with Crippen molar-refractivity contribution in [3.05, 3.63) is 116 Å². The number of hydrogen-bond donors (Lipinski definition) is 1. The first-order valence-electron chi connectivity index (χ1n) is 11.9. The Balaban J connectivity index is 1.26. The molecule has 3 amide bonds. The van der Waals surface area contributed by atoms with Gasteiger partial charge in [-0.2, -0.15) is 0 Å². The monoisotopic (exact) mass is 570 g/mol. The van der Waals surface area contributed by atoms with Gasteiger partial charge in [0.15, 0.2) is 0 Å². The van der Waals surface area contributed by atoms with Gasteiger partial charge in [-0.3, -0.25) is 39.5 Å². The van der Waals surface area contributed by atoms with Crippen molar-refractivity contribution in [1.82, 2.24) is 4.90 Å². The quantitative estimate of drug-likeness (QED) is 0.149. The van der Waals surface area contributed by atoms with Crippen molar-refractivity contribution in [2.24, 2.45) is 0 Å². The molecular formula is C28H18N4O8S. The molecule has 4 aromatic carbocycles. The van der Waals surface area contributed by atoms with Gasteiger partial charge in [0, 0.05) is 17.1 Å². The Labute approximate surface area is 235 Å². The van der Waals surface area contributed by atoms with Gasteiger partial charge in [0.25, 0.3) is 16.8 Å². The molecule has 4 aromatic rings. The van der Waals surface area contributed by atoms with E-state index in [1.54, 1.807) is 24.3 Å². The van der Waals surface area contributed by atoms with Crippen molar-refractivity contribution in [3.63, 3.8) is 0 Å². The largest absolute Gasteiger partial charge is 0.450 e. The first-order valence-corrected chi connectivity index (χ1v) is 12.7. The second kappa shape index (κ2) is 11.3. The van der Waals surface area contributed by atoms with Crippen molar-refractivity contribution in [3.8, 4) is 11.5 Å². The maximum absolute atomic E-state index is 12.9. The van der Waals surface area contributed by atoms with Crippen LogP contribution in [0.4, 0.5) is 21.9 Å². The fourth-order valence-corrected chi connectivity index (χ4v) is 4.90. The number of benzene rings is 4. The fourth-order valence-electron chi connectivity index (χ4n) is 4.06. The summed E-state index contributed by atoms with van der Waals surface area (Å²) in [5.74, 6) is -1.12. The summed E-state index contributed by atoms with van der Waals surface area (Å²) in [6.45, 7) is -0.452. The Morgan fingerprint density at radius 3 is 2.39 bits per heavy atom. The summed E-state index contributed by atoms with van der Waals surface area (Å²) >= 11 is 0.700. The molecule has 1 fully saturated rings. The average Bonchev–Trinajstić information content (AvgIpc) is 3.21. The number of imide groups is 1. The predicted molar refractivity (Wildman–Crippen MR) is 152 cm³/mol. The van der Waals surface area contributed by atoms with Gasteiger partial charge < -0.3 is 10.1 Å². The van der Waals surface area contributed by atoms with Gasteiger partial charge in [-0.15, -0.1) is 0 Å².